The molecule has 1 heterocycles. The number of hydrogen-bond acceptors (Lipinski definition) is 2. The van der Waals surface area contributed by atoms with Crippen molar-refractivity contribution < 1.29 is 0 Å². The molecule has 0 bridgehead atoms. The molecular weight excluding hydrogens is 246 g/mol. The van der Waals surface area contributed by atoms with Gasteiger partial charge in [-0.15, -0.1) is 0 Å². The van der Waals surface area contributed by atoms with Crippen molar-refractivity contribution in [2.75, 3.05) is 6.54 Å². The minimum atomic E-state index is 0.501. The Balaban J connectivity index is 2.21. The predicted molar refractivity (Wildman–Crippen MR) is 84.7 cm³/mol. The Morgan fingerprint density at radius 2 is 2.20 bits per heavy atom. The van der Waals surface area contributed by atoms with Crippen molar-refractivity contribution in [2.45, 2.75) is 65.3 Å². The molecule has 0 saturated heterocycles. The third-order valence-electron chi connectivity index (χ3n) is 4.67. The SMILES string of the molecule is CCCNC(c1cn(C)nc1CC)C1CCCC(C)C1. The molecule has 3 atom stereocenters. The minimum Gasteiger partial charge on any atom is -0.310 e. The second kappa shape index (κ2) is 7.26. The van der Waals surface area contributed by atoms with E-state index in [4.69, 9.17) is 0 Å². The average Bonchev–Trinajstić information content (AvgIpc) is 2.80. The molecule has 3 heteroatoms. The standard InChI is InChI=1S/C17H31N3/c1-5-10-18-17(14-9-7-8-13(3)11-14)15-12-20(4)19-16(15)6-2/h12-14,17-18H,5-11H2,1-4H3. The third-order valence-corrected chi connectivity index (χ3v) is 4.67. The zero-order chi connectivity index (χ0) is 14.5. The smallest absolute Gasteiger partial charge is 0.0669 e. The highest BCUT2D eigenvalue weighted by Gasteiger charge is 2.29. The molecule has 1 fully saturated rings. The molecule has 1 aromatic heterocycles. The van der Waals surface area contributed by atoms with Gasteiger partial charge in [-0.2, -0.15) is 5.10 Å². The first-order valence-electron chi connectivity index (χ1n) is 8.41. The van der Waals surface area contributed by atoms with Crippen LogP contribution in [-0.4, -0.2) is 16.3 Å². The Labute approximate surface area is 124 Å². The largest absolute Gasteiger partial charge is 0.310 e. The van der Waals surface area contributed by atoms with Gasteiger partial charge in [0.25, 0.3) is 0 Å². The van der Waals surface area contributed by atoms with Gasteiger partial charge in [0.2, 0.25) is 0 Å². The fourth-order valence-corrected chi connectivity index (χ4v) is 3.70. The summed E-state index contributed by atoms with van der Waals surface area (Å²) in [4.78, 5) is 0. The van der Waals surface area contributed by atoms with E-state index in [-0.39, 0.29) is 0 Å². The number of hydrogen-bond donors (Lipinski definition) is 1. The van der Waals surface area contributed by atoms with E-state index in [1.165, 1.54) is 43.4 Å². The molecule has 1 aliphatic rings. The molecule has 1 aliphatic carbocycles. The van der Waals surface area contributed by atoms with Crippen molar-refractivity contribution in [3.05, 3.63) is 17.5 Å². The first-order valence-corrected chi connectivity index (χ1v) is 8.41. The van der Waals surface area contributed by atoms with Crippen LogP contribution >= 0.6 is 0 Å². The van der Waals surface area contributed by atoms with Gasteiger partial charge in [-0.25, -0.2) is 0 Å². The summed E-state index contributed by atoms with van der Waals surface area (Å²) in [7, 11) is 2.04. The number of rotatable bonds is 6. The molecule has 2 rings (SSSR count). The van der Waals surface area contributed by atoms with E-state index < -0.39 is 0 Å². The second-order valence-electron chi connectivity index (χ2n) is 6.52. The van der Waals surface area contributed by atoms with E-state index in [1.54, 1.807) is 0 Å². The van der Waals surface area contributed by atoms with Crippen molar-refractivity contribution in [3.63, 3.8) is 0 Å². The fraction of sp³-hybridized carbons (Fsp3) is 0.824. The normalized spacial score (nSPS) is 24.8. The summed E-state index contributed by atoms with van der Waals surface area (Å²) in [6, 6.07) is 0.501. The molecular formula is C17H31N3. The lowest BCUT2D eigenvalue weighted by molar-refractivity contribution is 0.223. The summed E-state index contributed by atoms with van der Waals surface area (Å²) >= 11 is 0. The van der Waals surface area contributed by atoms with Crippen LogP contribution in [0.1, 0.15) is 70.2 Å². The maximum absolute atomic E-state index is 4.65. The molecule has 3 unspecified atom stereocenters. The Morgan fingerprint density at radius 3 is 2.85 bits per heavy atom. The Hall–Kier alpha value is -0.830. The van der Waals surface area contributed by atoms with Crippen molar-refractivity contribution in [1.29, 1.82) is 0 Å². The predicted octanol–water partition coefficient (Wildman–Crippen LogP) is 3.85. The van der Waals surface area contributed by atoms with Gasteiger partial charge < -0.3 is 5.32 Å². The van der Waals surface area contributed by atoms with Gasteiger partial charge in [0, 0.05) is 24.8 Å². The molecule has 0 amide bonds. The highest BCUT2D eigenvalue weighted by Crippen LogP contribution is 2.38. The summed E-state index contributed by atoms with van der Waals surface area (Å²) in [6.07, 6.45) is 9.99. The van der Waals surface area contributed by atoms with Gasteiger partial charge in [0.15, 0.2) is 0 Å². The number of aryl methyl sites for hydroxylation is 2. The van der Waals surface area contributed by atoms with Crippen LogP contribution in [0, 0.1) is 11.8 Å². The highest BCUT2D eigenvalue weighted by molar-refractivity contribution is 5.22. The van der Waals surface area contributed by atoms with Crippen LogP contribution in [0.4, 0.5) is 0 Å². The van der Waals surface area contributed by atoms with E-state index in [1.807, 2.05) is 11.7 Å². The molecule has 0 radical (unpaired) electrons. The van der Waals surface area contributed by atoms with Crippen LogP contribution in [-0.2, 0) is 13.5 Å². The van der Waals surface area contributed by atoms with Crippen molar-refractivity contribution in [3.8, 4) is 0 Å². The maximum atomic E-state index is 4.65. The topological polar surface area (TPSA) is 29.9 Å². The molecule has 3 nitrogen and oxygen atoms in total. The van der Waals surface area contributed by atoms with E-state index in [2.05, 4.69) is 37.4 Å². The van der Waals surface area contributed by atoms with Crippen molar-refractivity contribution in [1.82, 2.24) is 15.1 Å². The molecule has 0 aromatic carbocycles. The summed E-state index contributed by atoms with van der Waals surface area (Å²) in [6.45, 7) is 7.98. The monoisotopic (exact) mass is 277 g/mol. The zero-order valence-electron chi connectivity index (χ0n) is 13.7. The fourth-order valence-electron chi connectivity index (χ4n) is 3.70. The number of nitrogens with one attached hydrogen (secondary N) is 1. The van der Waals surface area contributed by atoms with Gasteiger partial charge in [-0.1, -0.05) is 33.6 Å². The lowest BCUT2D eigenvalue weighted by atomic mass is 9.76. The minimum absolute atomic E-state index is 0.501. The summed E-state index contributed by atoms with van der Waals surface area (Å²) in [5, 5.41) is 8.46. The Bertz CT molecular complexity index is 410. The van der Waals surface area contributed by atoms with E-state index >= 15 is 0 Å². The molecule has 114 valence electrons. The molecule has 0 aliphatic heterocycles. The Morgan fingerprint density at radius 1 is 1.40 bits per heavy atom. The Kier molecular flexibility index (Phi) is 5.64. The van der Waals surface area contributed by atoms with Crippen LogP contribution in [0.3, 0.4) is 0 Å². The van der Waals surface area contributed by atoms with Crippen molar-refractivity contribution in [2.24, 2.45) is 18.9 Å². The van der Waals surface area contributed by atoms with Crippen molar-refractivity contribution >= 4 is 0 Å². The quantitative estimate of drug-likeness (QED) is 0.856. The maximum Gasteiger partial charge on any atom is 0.0669 e. The molecule has 1 saturated carbocycles. The van der Waals surface area contributed by atoms with Gasteiger partial charge in [0.05, 0.1) is 5.69 Å². The third kappa shape index (κ3) is 3.63. The van der Waals surface area contributed by atoms with Crippen LogP contribution < -0.4 is 5.32 Å². The molecule has 0 spiro atoms. The lowest BCUT2D eigenvalue weighted by Crippen LogP contribution is -2.32. The number of nitrogens with zero attached hydrogens (tertiary/aromatic N) is 2. The van der Waals surface area contributed by atoms with E-state index in [9.17, 15) is 0 Å². The summed E-state index contributed by atoms with van der Waals surface area (Å²) in [5.41, 5.74) is 2.72. The van der Waals surface area contributed by atoms with Crippen LogP contribution in [0.5, 0.6) is 0 Å². The summed E-state index contributed by atoms with van der Waals surface area (Å²) < 4.78 is 1.99. The van der Waals surface area contributed by atoms with E-state index in [0.29, 0.717) is 6.04 Å². The van der Waals surface area contributed by atoms with Crippen LogP contribution in [0.25, 0.3) is 0 Å². The van der Waals surface area contributed by atoms with Gasteiger partial charge in [0.1, 0.15) is 0 Å². The van der Waals surface area contributed by atoms with Gasteiger partial charge >= 0.3 is 0 Å². The van der Waals surface area contributed by atoms with Gasteiger partial charge in [-0.3, -0.25) is 4.68 Å². The second-order valence-corrected chi connectivity index (χ2v) is 6.52. The first kappa shape index (κ1) is 15.6. The van der Waals surface area contributed by atoms with Crippen LogP contribution in [0.2, 0.25) is 0 Å². The molecule has 1 N–H and O–H groups in total. The highest BCUT2D eigenvalue weighted by atomic mass is 15.3. The first-order chi connectivity index (χ1) is 9.65. The number of aromatic nitrogens is 2. The van der Waals surface area contributed by atoms with Crippen LogP contribution in [0.15, 0.2) is 6.20 Å². The zero-order valence-corrected chi connectivity index (χ0v) is 13.7. The average molecular weight is 277 g/mol. The molecule has 1 aromatic rings. The van der Waals surface area contributed by atoms with E-state index in [0.717, 1.165) is 24.8 Å². The summed E-state index contributed by atoms with van der Waals surface area (Å²) in [5.74, 6) is 1.65. The van der Waals surface area contributed by atoms with Gasteiger partial charge in [-0.05, 0) is 44.1 Å². The lowest BCUT2D eigenvalue weighted by Gasteiger charge is -2.34. The molecule has 20 heavy (non-hydrogen) atoms.